The first-order valence-electron chi connectivity index (χ1n) is 10.3. The van der Waals surface area contributed by atoms with Gasteiger partial charge in [0.25, 0.3) is 0 Å². The van der Waals surface area contributed by atoms with Gasteiger partial charge in [-0.05, 0) is 50.5 Å². The van der Waals surface area contributed by atoms with Gasteiger partial charge in [0.15, 0.2) is 11.5 Å². The van der Waals surface area contributed by atoms with E-state index in [4.69, 9.17) is 13.7 Å². The monoisotopic (exact) mass is 456 g/mol. The molecule has 0 N–H and O–H groups in total. The molecule has 168 valence electrons. The lowest BCUT2D eigenvalue weighted by Gasteiger charge is -2.20. The summed E-state index contributed by atoms with van der Waals surface area (Å²) in [6.45, 7) is 5.41. The van der Waals surface area contributed by atoms with E-state index in [1.54, 1.807) is 26.0 Å². The quantitative estimate of drug-likeness (QED) is 0.479. The second-order valence-electron chi connectivity index (χ2n) is 8.07. The molecule has 0 bridgehead atoms. The fourth-order valence-corrected chi connectivity index (χ4v) is 5.18. The largest absolute Gasteiger partial charge is 0.496 e. The lowest BCUT2D eigenvalue weighted by molar-refractivity contribution is -0.114. The van der Waals surface area contributed by atoms with E-state index in [0.717, 1.165) is 11.1 Å². The average molecular weight is 457 g/mol. The standard InChI is InChI=1S/C24H24O7S/c1-13-5-8-17(9-6-13)32(27,28)31-23-18(11-16-7-10-20(25)14(16)2)22(29-4)15(3)19-12-30-24(26)21(19)23/h5-6,8-9H,7,10-12H2,1-4H3. The Morgan fingerprint density at radius 2 is 1.69 bits per heavy atom. The molecular formula is C24H24O7S. The highest BCUT2D eigenvalue weighted by Crippen LogP contribution is 2.45. The normalized spacial score (nSPS) is 15.8. The summed E-state index contributed by atoms with van der Waals surface area (Å²) in [4.78, 5) is 24.7. The van der Waals surface area contributed by atoms with Crippen molar-refractivity contribution in [2.24, 2.45) is 0 Å². The van der Waals surface area contributed by atoms with Crippen molar-refractivity contribution in [3.63, 3.8) is 0 Å². The summed E-state index contributed by atoms with van der Waals surface area (Å²) < 4.78 is 42.7. The number of methoxy groups -OCH3 is 1. The Balaban J connectivity index is 1.92. The van der Waals surface area contributed by atoms with E-state index in [2.05, 4.69) is 0 Å². The Bertz CT molecular complexity index is 1270. The Labute approximate surface area is 187 Å². The number of ketones is 1. The van der Waals surface area contributed by atoms with Crippen LogP contribution in [0.25, 0.3) is 0 Å². The minimum absolute atomic E-state index is 0.0117. The van der Waals surface area contributed by atoms with Crippen molar-refractivity contribution in [2.75, 3.05) is 7.11 Å². The number of benzene rings is 2. The Kier molecular flexibility index (Phi) is 5.58. The molecule has 8 heteroatoms. The van der Waals surface area contributed by atoms with E-state index >= 15 is 0 Å². The van der Waals surface area contributed by atoms with Crippen molar-refractivity contribution in [3.8, 4) is 11.5 Å². The molecule has 1 aliphatic carbocycles. The fraction of sp³-hybridized carbons (Fsp3) is 0.333. The van der Waals surface area contributed by atoms with Gasteiger partial charge in [0.1, 0.15) is 22.8 Å². The van der Waals surface area contributed by atoms with Crippen LogP contribution in [-0.2, 0) is 32.7 Å². The highest BCUT2D eigenvalue weighted by molar-refractivity contribution is 7.87. The Morgan fingerprint density at radius 1 is 1.00 bits per heavy atom. The molecule has 0 aromatic heterocycles. The number of aryl methyl sites for hydroxylation is 1. The molecule has 0 fully saturated rings. The first-order chi connectivity index (χ1) is 15.1. The Morgan fingerprint density at radius 3 is 2.28 bits per heavy atom. The van der Waals surface area contributed by atoms with Gasteiger partial charge in [-0.15, -0.1) is 0 Å². The number of cyclic esters (lactones) is 1. The summed E-state index contributed by atoms with van der Waals surface area (Å²) in [6, 6.07) is 6.25. The molecule has 0 atom stereocenters. The molecule has 0 saturated heterocycles. The van der Waals surface area contributed by atoms with E-state index in [1.165, 1.54) is 19.2 Å². The molecule has 32 heavy (non-hydrogen) atoms. The molecule has 1 heterocycles. The summed E-state index contributed by atoms with van der Waals surface area (Å²) >= 11 is 0. The summed E-state index contributed by atoms with van der Waals surface area (Å²) in [7, 11) is -2.76. The van der Waals surface area contributed by atoms with Crippen LogP contribution < -0.4 is 8.92 Å². The van der Waals surface area contributed by atoms with Crippen LogP contribution in [0.1, 0.15) is 52.4 Å². The second-order valence-corrected chi connectivity index (χ2v) is 9.62. The van der Waals surface area contributed by atoms with E-state index in [1.807, 2.05) is 6.92 Å². The third kappa shape index (κ3) is 3.68. The molecule has 2 aliphatic rings. The SMILES string of the molecule is COc1c(C)c2c(c(OS(=O)(=O)c3ccc(C)cc3)c1CC1=C(C)C(=O)CC1)C(=O)OC2. The molecular weight excluding hydrogens is 432 g/mol. The van der Waals surface area contributed by atoms with E-state index in [9.17, 15) is 18.0 Å². The van der Waals surface area contributed by atoms with Crippen LogP contribution in [0.5, 0.6) is 11.5 Å². The maximum Gasteiger partial charge on any atom is 0.342 e. The number of allylic oxidation sites excluding steroid dienone is 2. The summed E-state index contributed by atoms with van der Waals surface area (Å²) in [5.74, 6) is -0.249. The second kappa shape index (κ2) is 8.09. The molecule has 1 aliphatic heterocycles. The van der Waals surface area contributed by atoms with Crippen LogP contribution in [0.15, 0.2) is 40.3 Å². The van der Waals surface area contributed by atoms with Gasteiger partial charge in [-0.3, -0.25) is 4.79 Å². The topological polar surface area (TPSA) is 96.0 Å². The lowest BCUT2D eigenvalue weighted by Crippen LogP contribution is -2.15. The van der Waals surface area contributed by atoms with Gasteiger partial charge >= 0.3 is 16.1 Å². The maximum absolute atomic E-state index is 13.1. The average Bonchev–Trinajstić information content (AvgIpc) is 3.29. The molecule has 2 aromatic carbocycles. The number of esters is 1. The molecule has 2 aromatic rings. The molecule has 0 spiro atoms. The van der Waals surface area contributed by atoms with Gasteiger partial charge in [0.05, 0.1) is 7.11 Å². The van der Waals surface area contributed by atoms with Crippen molar-refractivity contribution >= 4 is 21.9 Å². The zero-order valence-corrected chi connectivity index (χ0v) is 19.2. The van der Waals surface area contributed by atoms with Gasteiger partial charge in [-0.25, -0.2) is 4.79 Å². The zero-order chi connectivity index (χ0) is 23.2. The van der Waals surface area contributed by atoms with E-state index in [-0.39, 0.29) is 35.0 Å². The highest BCUT2D eigenvalue weighted by atomic mass is 32.2. The van der Waals surface area contributed by atoms with E-state index < -0.39 is 16.1 Å². The predicted molar refractivity (Wildman–Crippen MR) is 116 cm³/mol. The highest BCUT2D eigenvalue weighted by Gasteiger charge is 2.36. The fourth-order valence-electron chi connectivity index (χ4n) is 4.21. The molecule has 4 rings (SSSR count). The van der Waals surface area contributed by atoms with Crippen LogP contribution in [-0.4, -0.2) is 27.3 Å². The minimum Gasteiger partial charge on any atom is -0.496 e. The van der Waals surface area contributed by atoms with Crippen molar-refractivity contribution in [3.05, 3.63) is 63.2 Å². The number of carbonyl (C=O) groups is 2. The van der Waals surface area contributed by atoms with Crippen molar-refractivity contribution in [2.45, 2.75) is 51.5 Å². The molecule has 0 radical (unpaired) electrons. The number of carbonyl (C=O) groups excluding carboxylic acids is 2. The number of hydrogen-bond donors (Lipinski definition) is 0. The van der Waals surface area contributed by atoms with Gasteiger partial charge in [-0.1, -0.05) is 23.3 Å². The minimum atomic E-state index is -4.24. The molecule has 0 saturated carbocycles. The van der Waals surface area contributed by atoms with Crippen molar-refractivity contribution < 1.29 is 31.7 Å². The van der Waals surface area contributed by atoms with Crippen LogP contribution in [0.3, 0.4) is 0 Å². The van der Waals surface area contributed by atoms with Crippen LogP contribution >= 0.6 is 0 Å². The van der Waals surface area contributed by atoms with Crippen molar-refractivity contribution in [1.82, 2.24) is 0 Å². The maximum atomic E-state index is 13.1. The third-order valence-corrected chi connectivity index (χ3v) is 7.36. The number of fused-ring (bicyclic) bond motifs is 1. The Hall–Kier alpha value is -3.13. The smallest absolute Gasteiger partial charge is 0.342 e. The molecule has 7 nitrogen and oxygen atoms in total. The predicted octanol–water partition coefficient (Wildman–Crippen LogP) is 3.97. The number of hydrogen-bond acceptors (Lipinski definition) is 7. The zero-order valence-electron chi connectivity index (χ0n) is 18.4. The summed E-state index contributed by atoms with van der Waals surface area (Å²) in [5.41, 5.74) is 4.17. The lowest BCUT2D eigenvalue weighted by atomic mass is 9.92. The summed E-state index contributed by atoms with van der Waals surface area (Å²) in [5, 5.41) is 0. The number of Topliss-reactive ketones (excluding diaryl/α,β-unsaturated/α-hetero) is 1. The molecule has 0 amide bonds. The van der Waals surface area contributed by atoms with Gasteiger partial charge in [0.2, 0.25) is 0 Å². The van der Waals surface area contributed by atoms with Gasteiger partial charge in [-0.2, -0.15) is 8.42 Å². The first kappa shape index (κ1) is 22.1. The number of rotatable bonds is 6. The van der Waals surface area contributed by atoms with Crippen LogP contribution in [0.4, 0.5) is 0 Å². The molecule has 0 unspecified atom stereocenters. The van der Waals surface area contributed by atoms with Gasteiger partial charge in [0, 0.05) is 24.0 Å². The summed E-state index contributed by atoms with van der Waals surface area (Å²) in [6.07, 6.45) is 1.22. The third-order valence-electron chi connectivity index (χ3n) is 6.12. The van der Waals surface area contributed by atoms with Crippen LogP contribution in [0.2, 0.25) is 0 Å². The van der Waals surface area contributed by atoms with Gasteiger partial charge < -0.3 is 13.7 Å². The van der Waals surface area contributed by atoms with Crippen LogP contribution in [0, 0.1) is 13.8 Å². The number of ether oxygens (including phenoxy) is 2. The van der Waals surface area contributed by atoms with E-state index in [0.29, 0.717) is 40.9 Å². The first-order valence-corrected chi connectivity index (χ1v) is 11.7. The van der Waals surface area contributed by atoms with Crippen molar-refractivity contribution in [1.29, 1.82) is 0 Å².